The van der Waals surface area contributed by atoms with Gasteiger partial charge in [0.2, 0.25) is 0 Å². The second-order valence-electron chi connectivity index (χ2n) is 3.44. The predicted molar refractivity (Wildman–Crippen MR) is 65.0 cm³/mol. The Hall–Kier alpha value is -0.570. The minimum atomic E-state index is 0. The number of nitrogens with one attached hydrogen (secondary N) is 1. The Kier molecular flexibility index (Phi) is 13.9. The number of halogens is 1. The van der Waals surface area contributed by atoms with Gasteiger partial charge in [-0.3, -0.25) is 0 Å². The van der Waals surface area contributed by atoms with E-state index in [0.29, 0.717) is 0 Å². The van der Waals surface area contributed by atoms with E-state index < -0.39 is 0 Å². The summed E-state index contributed by atoms with van der Waals surface area (Å²) in [7, 11) is 0. The molecule has 1 rings (SSSR count). The van der Waals surface area contributed by atoms with E-state index in [-0.39, 0.29) is 19.0 Å². The average molecular weight is 246 g/mol. The maximum Gasteiger partial charge on any atom is 0.103 e. The molecule has 0 atom stereocenters. The van der Waals surface area contributed by atoms with E-state index in [9.17, 15) is 0 Å². The summed E-state index contributed by atoms with van der Waals surface area (Å²) < 4.78 is 0. The Labute approximate surface area is 106 Å². The molecule has 0 saturated heterocycles. The number of quaternary nitrogens is 1. The number of hydrogen-bond acceptors (Lipinski definition) is 1. The molecule has 0 saturated carbocycles. The molecule has 0 radical (unpaired) electrons. The Bertz CT molecular complexity index is 225. The molecule has 0 fully saturated rings. The van der Waals surface area contributed by atoms with Gasteiger partial charge in [-0.25, -0.2) is 0 Å². The minimum absolute atomic E-state index is 0. The molecule has 1 aromatic carbocycles. The van der Waals surface area contributed by atoms with Crippen LogP contribution in [-0.4, -0.2) is 24.8 Å². The zero-order valence-corrected chi connectivity index (χ0v) is 11.3. The number of aliphatic hydroxyl groups is 1. The van der Waals surface area contributed by atoms with Crippen LogP contribution >= 0.6 is 0 Å². The van der Waals surface area contributed by atoms with Crippen LogP contribution in [-0.2, 0) is 6.54 Å². The Morgan fingerprint density at radius 2 is 1.44 bits per heavy atom. The molecule has 0 amide bonds. The Morgan fingerprint density at radius 1 is 1.00 bits per heavy atom. The molecular formula is C13H24ClNO. The van der Waals surface area contributed by atoms with Gasteiger partial charge in [-0.05, 0) is 20.8 Å². The summed E-state index contributed by atoms with van der Waals surface area (Å²) in [5.74, 6) is 0. The normalized spacial score (nSPS) is 9.06. The lowest BCUT2D eigenvalue weighted by atomic mass is 10.2. The molecule has 0 heterocycles. The lowest BCUT2D eigenvalue weighted by Crippen LogP contribution is -3.10. The van der Waals surface area contributed by atoms with Crippen LogP contribution in [0.15, 0.2) is 30.3 Å². The van der Waals surface area contributed by atoms with Gasteiger partial charge >= 0.3 is 0 Å². The highest BCUT2D eigenvalue weighted by Crippen LogP contribution is 1.94. The van der Waals surface area contributed by atoms with Gasteiger partial charge in [-0.15, -0.1) is 0 Å². The maximum absolute atomic E-state index is 7.57. The number of aliphatic hydroxyl groups excluding tert-OH is 1. The minimum Gasteiger partial charge on any atom is -1.00 e. The van der Waals surface area contributed by atoms with E-state index in [2.05, 4.69) is 44.2 Å². The Morgan fingerprint density at radius 3 is 1.81 bits per heavy atom. The molecule has 0 aromatic heterocycles. The van der Waals surface area contributed by atoms with Crippen LogP contribution in [0, 0.1) is 0 Å². The topological polar surface area (TPSA) is 24.7 Å². The molecule has 0 spiro atoms. The van der Waals surface area contributed by atoms with E-state index in [0.717, 1.165) is 6.54 Å². The first kappa shape index (κ1) is 17.8. The summed E-state index contributed by atoms with van der Waals surface area (Å²) >= 11 is 0. The molecule has 3 heteroatoms. The van der Waals surface area contributed by atoms with Crippen LogP contribution in [0.2, 0.25) is 0 Å². The average Bonchev–Trinajstić information content (AvgIpc) is 2.28. The number of rotatable bonds is 4. The van der Waals surface area contributed by atoms with Crippen LogP contribution in [0.25, 0.3) is 0 Å². The van der Waals surface area contributed by atoms with E-state index in [1.54, 1.807) is 11.8 Å². The van der Waals surface area contributed by atoms with Crippen molar-refractivity contribution in [1.82, 2.24) is 0 Å². The first-order valence-corrected chi connectivity index (χ1v) is 5.76. The first-order valence-electron chi connectivity index (χ1n) is 5.76. The molecule has 16 heavy (non-hydrogen) atoms. The summed E-state index contributed by atoms with van der Waals surface area (Å²) in [6.07, 6.45) is 0. The van der Waals surface area contributed by atoms with Crippen LogP contribution in [0.3, 0.4) is 0 Å². The third-order valence-electron chi connectivity index (χ3n) is 2.30. The molecule has 94 valence electrons. The molecule has 0 aliphatic carbocycles. The van der Waals surface area contributed by atoms with Crippen molar-refractivity contribution in [3.63, 3.8) is 0 Å². The van der Waals surface area contributed by atoms with E-state index in [4.69, 9.17) is 5.11 Å². The molecule has 2 N–H and O–H groups in total. The standard InChI is InChI=1S/C11H17N.C2H6O.ClH/c1-3-12(4-2)10-11-8-6-5-7-9-11;1-2-3;/h5-9H,3-4,10H2,1-2H3;3H,2H2,1H3;1H. The fourth-order valence-electron chi connectivity index (χ4n) is 1.38. The summed E-state index contributed by atoms with van der Waals surface area (Å²) in [5, 5.41) is 7.57. The smallest absolute Gasteiger partial charge is 0.103 e. The first-order chi connectivity index (χ1) is 7.28. The largest absolute Gasteiger partial charge is 1.00 e. The van der Waals surface area contributed by atoms with Crippen molar-refractivity contribution < 1.29 is 22.4 Å². The molecule has 1 aromatic rings. The molecule has 0 bridgehead atoms. The number of hydrogen-bond donors (Lipinski definition) is 2. The van der Waals surface area contributed by atoms with Gasteiger partial charge in [0.05, 0.1) is 13.1 Å². The van der Waals surface area contributed by atoms with Crippen LogP contribution in [0.1, 0.15) is 26.3 Å². The monoisotopic (exact) mass is 245 g/mol. The van der Waals surface area contributed by atoms with Gasteiger partial charge in [-0.1, -0.05) is 30.3 Å². The highest BCUT2D eigenvalue weighted by atomic mass is 35.5. The number of benzene rings is 1. The SMILES string of the molecule is CCO.CC[NH+](CC)Cc1ccccc1.[Cl-]. The Balaban J connectivity index is 0. The molecule has 0 unspecified atom stereocenters. The van der Waals surface area contributed by atoms with Crippen molar-refractivity contribution in [1.29, 1.82) is 0 Å². The quantitative estimate of drug-likeness (QED) is 0.638. The van der Waals surface area contributed by atoms with Gasteiger partial charge in [0.25, 0.3) is 0 Å². The molecule has 0 aliphatic rings. The van der Waals surface area contributed by atoms with Crippen LogP contribution < -0.4 is 17.3 Å². The second-order valence-corrected chi connectivity index (χ2v) is 3.44. The predicted octanol–water partition coefficient (Wildman–Crippen LogP) is -1.89. The van der Waals surface area contributed by atoms with E-state index in [1.165, 1.54) is 18.7 Å². The summed E-state index contributed by atoms with van der Waals surface area (Å²) in [4.78, 5) is 1.64. The van der Waals surface area contributed by atoms with Gasteiger partial charge in [-0.2, -0.15) is 0 Å². The summed E-state index contributed by atoms with van der Waals surface area (Å²) in [6, 6.07) is 10.7. The van der Waals surface area contributed by atoms with Crippen molar-refractivity contribution in [2.75, 3.05) is 19.7 Å². The van der Waals surface area contributed by atoms with Crippen LogP contribution in [0.5, 0.6) is 0 Å². The fraction of sp³-hybridized carbons (Fsp3) is 0.538. The van der Waals surface area contributed by atoms with Gasteiger partial charge < -0.3 is 22.4 Å². The summed E-state index contributed by atoms with van der Waals surface area (Å²) in [5.41, 5.74) is 1.44. The maximum atomic E-state index is 7.57. The zero-order valence-electron chi connectivity index (χ0n) is 10.5. The lowest BCUT2D eigenvalue weighted by Gasteiger charge is -2.14. The second kappa shape index (κ2) is 12.5. The third-order valence-corrected chi connectivity index (χ3v) is 2.30. The highest BCUT2D eigenvalue weighted by molar-refractivity contribution is 5.13. The zero-order chi connectivity index (χ0) is 11.5. The van der Waals surface area contributed by atoms with E-state index in [1.807, 2.05) is 0 Å². The van der Waals surface area contributed by atoms with Crippen molar-refractivity contribution in [3.05, 3.63) is 35.9 Å². The van der Waals surface area contributed by atoms with Crippen LogP contribution in [0.4, 0.5) is 0 Å². The molecule has 0 aliphatic heterocycles. The molecular weight excluding hydrogens is 222 g/mol. The van der Waals surface area contributed by atoms with Crippen molar-refractivity contribution in [2.45, 2.75) is 27.3 Å². The summed E-state index contributed by atoms with van der Waals surface area (Å²) in [6.45, 7) is 9.99. The van der Waals surface area contributed by atoms with Gasteiger partial charge in [0.15, 0.2) is 0 Å². The third kappa shape index (κ3) is 8.72. The van der Waals surface area contributed by atoms with Crippen molar-refractivity contribution in [2.24, 2.45) is 0 Å². The fourth-order valence-corrected chi connectivity index (χ4v) is 1.38. The molecule has 2 nitrogen and oxygen atoms in total. The van der Waals surface area contributed by atoms with E-state index >= 15 is 0 Å². The highest BCUT2D eigenvalue weighted by Gasteiger charge is 2.02. The van der Waals surface area contributed by atoms with Crippen molar-refractivity contribution >= 4 is 0 Å². The van der Waals surface area contributed by atoms with Gasteiger partial charge in [0.1, 0.15) is 6.54 Å². The van der Waals surface area contributed by atoms with Crippen molar-refractivity contribution in [3.8, 4) is 0 Å². The lowest BCUT2D eigenvalue weighted by molar-refractivity contribution is -0.910. The van der Waals surface area contributed by atoms with Gasteiger partial charge in [0, 0.05) is 12.2 Å².